The number of nitrogens with zero attached hydrogens (tertiary/aromatic N) is 1. The van der Waals surface area contributed by atoms with Gasteiger partial charge >= 0.3 is 6.03 Å². The van der Waals surface area contributed by atoms with Gasteiger partial charge in [-0.3, -0.25) is 0 Å². The van der Waals surface area contributed by atoms with E-state index in [0.717, 1.165) is 15.4 Å². The average Bonchev–Trinajstić information content (AvgIpc) is 3.24. The number of rotatable bonds is 5. The van der Waals surface area contributed by atoms with E-state index in [2.05, 4.69) is 15.6 Å². The Bertz CT molecular complexity index is 967. The SMILES string of the molecule is O=C(NCc1ccccc1)Nc1ccc(-c2cnc(C3CCCCC3)s2)c(F)c1. The summed E-state index contributed by atoms with van der Waals surface area (Å²) >= 11 is 1.58. The van der Waals surface area contributed by atoms with Gasteiger partial charge in [-0.2, -0.15) is 0 Å². The third kappa shape index (κ3) is 5.01. The van der Waals surface area contributed by atoms with E-state index in [1.807, 2.05) is 30.3 Å². The Morgan fingerprint density at radius 1 is 1.10 bits per heavy atom. The molecular formula is C23H24FN3OS. The Labute approximate surface area is 174 Å². The Hall–Kier alpha value is -2.73. The zero-order valence-corrected chi connectivity index (χ0v) is 17.0. The predicted molar refractivity (Wildman–Crippen MR) is 116 cm³/mol. The van der Waals surface area contributed by atoms with Gasteiger partial charge in [0.25, 0.3) is 0 Å². The summed E-state index contributed by atoms with van der Waals surface area (Å²) in [5.74, 6) is 0.157. The summed E-state index contributed by atoms with van der Waals surface area (Å²) in [6.07, 6.45) is 7.93. The molecule has 4 nitrogen and oxygen atoms in total. The zero-order chi connectivity index (χ0) is 20.1. The molecule has 0 atom stereocenters. The lowest BCUT2D eigenvalue weighted by Crippen LogP contribution is -2.28. The van der Waals surface area contributed by atoms with E-state index in [0.29, 0.717) is 23.7 Å². The van der Waals surface area contributed by atoms with Gasteiger partial charge in [0.05, 0.1) is 9.88 Å². The number of amides is 2. The molecule has 4 rings (SSSR count). The molecule has 2 aromatic carbocycles. The Morgan fingerprint density at radius 2 is 1.90 bits per heavy atom. The minimum absolute atomic E-state index is 0.357. The average molecular weight is 410 g/mol. The molecule has 1 saturated carbocycles. The Balaban J connectivity index is 1.39. The number of hydrogen-bond donors (Lipinski definition) is 2. The molecule has 2 amide bonds. The summed E-state index contributed by atoms with van der Waals surface area (Å²) in [5.41, 5.74) is 1.96. The molecule has 150 valence electrons. The van der Waals surface area contributed by atoms with Crippen LogP contribution in [0.25, 0.3) is 10.4 Å². The molecule has 1 aliphatic carbocycles. The van der Waals surface area contributed by atoms with Gasteiger partial charge in [-0.05, 0) is 36.6 Å². The fraction of sp³-hybridized carbons (Fsp3) is 0.304. The van der Waals surface area contributed by atoms with Gasteiger partial charge < -0.3 is 10.6 Å². The molecule has 1 aliphatic rings. The highest BCUT2D eigenvalue weighted by atomic mass is 32.1. The van der Waals surface area contributed by atoms with E-state index in [9.17, 15) is 9.18 Å². The number of benzene rings is 2. The van der Waals surface area contributed by atoms with Crippen LogP contribution in [0.2, 0.25) is 0 Å². The lowest BCUT2D eigenvalue weighted by molar-refractivity contribution is 0.251. The van der Waals surface area contributed by atoms with Crippen molar-refractivity contribution in [2.24, 2.45) is 0 Å². The smallest absolute Gasteiger partial charge is 0.319 e. The number of nitrogens with one attached hydrogen (secondary N) is 2. The maximum atomic E-state index is 14.7. The lowest BCUT2D eigenvalue weighted by Gasteiger charge is -2.18. The molecule has 0 bridgehead atoms. The largest absolute Gasteiger partial charge is 0.334 e. The number of hydrogen-bond acceptors (Lipinski definition) is 3. The molecule has 0 radical (unpaired) electrons. The minimum Gasteiger partial charge on any atom is -0.334 e. The molecule has 1 heterocycles. The Morgan fingerprint density at radius 3 is 2.66 bits per heavy atom. The molecule has 0 unspecified atom stereocenters. The maximum Gasteiger partial charge on any atom is 0.319 e. The number of carbonyl (C=O) groups excluding carboxylic acids is 1. The van der Waals surface area contributed by atoms with Gasteiger partial charge in [0.15, 0.2) is 0 Å². The summed E-state index contributed by atoms with van der Waals surface area (Å²) < 4.78 is 14.7. The highest BCUT2D eigenvalue weighted by Crippen LogP contribution is 2.38. The minimum atomic E-state index is -0.363. The lowest BCUT2D eigenvalue weighted by atomic mass is 9.90. The highest BCUT2D eigenvalue weighted by molar-refractivity contribution is 7.15. The first kappa shape index (κ1) is 19.6. The summed E-state index contributed by atoms with van der Waals surface area (Å²) in [6.45, 7) is 0.415. The molecule has 6 heteroatoms. The van der Waals surface area contributed by atoms with Crippen molar-refractivity contribution < 1.29 is 9.18 Å². The highest BCUT2D eigenvalue weighted by Gasteiger charge is 2.20. The van der Waals surface area contributed by atoms with E-state index in [1.165, 1.54) is 38.2 Å². The van der Waals surface area contributed by atoms with Crippen molar-refractivity contribution in [3.63, 3.8) is 0 Å². The van der Waals surface area contributed by atoms with Crippen LogP contribution in [0.1, 0.15) is 48.6 Å². The maximum absolute atomic E-state index is 14.7. The van der Waals surface area contributed by atoms with Crippen LogP contribution in [0.15, 0.2) is 54.7 Å². The number of thiazole rings is 1. The van der Waals surface area contributed by atoms with E-state index >= 15 is 0 Å². The second kappa shape index (κ2) is 9.18. The van der Waals surface area contributed by atoms with Gasteiger partial charge in [-0.25, -0.2) is 14.2 Å². The van der Waals surface area contributed by atoms with Crippen LogP contribution >= 0.6 is 11.3 Å². The first-order valence-electron chi connectivity index (χ1n) is 10.0. The number of carbonyl (C=O) groups is 1. The number of aromatic nitrogens is 1. The first-order valence-corrected chi connectivity index (χ1v) is 10.8. The molecule has 0 spiro atoms. The molecule has 1 fully saturated rings. The van der Waals surface area contributed by atoms with Crippen molar-refractivity contribution in [1.82, 2.24) is 10.3 Å². The third-order valence-electron chi connectivity index (χ3n) is 5.27. The molecule has 1 aromatic heterocycles. The van der Waals surface area contributed by atoms with E-state index in [1.54, 1.807) is 29.7 Å². The van der Waals surface area contributed by atoms with Crippen molar-refractivity contribution in [2.45, 2.75) is 44.6 Å². The normalized spacial score (nSPS) is 14.5. The fourth-order valence-electron chi connectivity index (χ4n) is 3.70. The van der Waals surface area contributed by atoms with Gasteiger partial charge in [0.1, 0.15) is 5.82 Å². The van der Waals surface area contributed by atoms with Crippen LogP contribution in [0, 0.1) is 5.82 Å². The summed E-state index contributed by atoms with van der Waals surface area (Å²) in [4.78, 5) is 17.5. The van der Waals surface area contributed by atoms with Gasteiger partial charge in [0.2, 0.25) is 0 Å². The molecule has 29 heavy (non-hydrogen) atoms. The number of halogens is 1. The second-order valence-corrected chi connectivity index (χ2v) is 8.45. The van der Waals surface area contributed by atoms with Crippen LogP contribution in [0.3, 0.4) is 0 Å². The Kier molecular flexibility index (Phi) is 6.20. The zero-order valence-electron chi connectivity index (χ0n) is 16.2. The monoisotopic (exact) mass is 409 g/mol. The van der Waals surface area contributed by atoms with Gasteiger partial charge in [-0.1, -0.05) is 49.6 Å². The number of urea groups is 1. The first-order chi connectivity index (χ1) is 14.2. The van der Waals surface area contributed by atoms with Crippen molar-refractivity contribution in [3.8, 4) is 10.4 Å². The molecule has 0 saturated heterocycles. The molecule has 0 aliphatic heterocycles. The third-order valence-corrected chi connectivity index (χ3v) is 6.46. The van der Waals surface area contributed by atoms with E-state index in [-0.39, 0.29) is 11.8 Å². The quantitative estimate of drug-likeness (QED) is 0.518. The molecule has 3 aromatic rings. The standard InChI is InChI=1S/C23H24FN3OS/c24-20-13-18(27-23(28)26-14-16-7-3-1-4-8-16)11-12-19(20)21-15-25-22(29-21)17-9-5-2-6-10-17/h1,3-4,7-8,11-13,15,17H,2,5-6,9-10,14H2,(H2,26,27,28). The van der Waals surface area contributed by atoms with Gasteiger partial charge in [0, 0.05) is 29.9 Å². The van der Waals surface area contributed by atoms with Crippen LogP contribution in [-0.4, -0.2) is 11.0 Å². The fourth-order valence-corrected chi connectivity index (χ4v) is 4.81. The summed E-state index contributed by atoms with van der Waals surface area (Å²) in [7, 11) is 0. The van der Waals surface area contributed by atoms with Crippen LogP contribution in [0.4, 0.5) is 14.9 Å². The second-order valence-electron chi connectivity index (χ2n) is 7.39. The summed E-state index contributed by atoms with van der Waals surface area (Å²) in [6, 6.07) is 14.1. The van der Waals surface area contributed by atoms with Crippen molar-refractivity contribution >= 4 is 23.1 Å². The van der Waals surface area contributed by atoms with Gasteiger partial charge in [-0.15, -0.1) is 11.3 Å². The summed E-state index contributed by atoms with van der Waals surface area (Å²) in [5, 5.41) is 6.57. The van der Waals surface area contributed by atoms with Crippen LogP contribution < -0.4 is 10.6 Å². The predicted octanol–water partition coefficient (Wildman–Crippen LogP) is 6.32. The van der Waals surface area contributed by atoms with Crippen molar-refractivity contribution in [1.29, 1.82) is 0 Å². The molecular weight excluding hydrogens is 385 g/mol. The van der Waals surface area contributed by atoms with Crippen LogP contribution in [0.5, 0.6) is 0 Å². The topological polar surface area (TPSA) is 54.0 Å². The van der Waals surface area contributed by atoms with Crippen molar-refractivity contribution in [2.75, 3.05) is 5.32 Å². The van der Waals surface area contributed by atoms with E-state index < -0.39 is 0 Å². The van der Waals surface area contributed by atoms with Crippen molar-refractivity contribution in [3.05, 3.63) is 71.1 Å². The molecule has 2 N–H and O–H groups in total. The van der Waals surface area contributed by atoms with Crippen LogP contribution in [-0.2, 0) is 6.54 Å². The van der Waals surface area contributed by atoms with E-state index in [4.69, 9.17) is 0 Å². The number of anilines is 1.